The second kappa shape index (κ2) is 7.09. The molecule has 0 aliphatic carbocycles. The summed E-state index contributed by atoms with van der Waals surface area (Å²) in [5.74, 6) is -0.103. The maximum Gasteiger partial charge on any atom is 0.238 e. The maximum absolute atomic E-state index is 11.9. The van der Waals surface area contributed by atoms with Crippen molar-refractivity contribution in [3.05, 3.63) is 50.6 Å². The minimum atomic E-state index is -0.103. The first-order valence-corrected chi connectivity index (χ1v) is 7.64. The molecule has 0 saturated carbocycles. The second-order valence-corrected chi connectivity index (χ2v) is 6.30. The number of hydrogen-bond donors (Lipinski definition) is 1. The van der Waals surface area contributed by atoms with E-state index in [2.05, 4.69) is 11.4 Å². The lowest BCUT2D eigenvalue weighted by atomic mass is 10.3. The summed E-state index contributed by atoms with van der Waals surface area (Å²) in [7, 11) is 1.91. The number of rotatable bonds is 5. The van der Waals surface area contributed by atoms with Gasteiger partial charge in [0.2, 0.25) is 5.91 Å². The molecule has 106 valence electrons. The standard InChI is InChI=1S/C14H14Cl2N2OS/c1-18(8-11-3-2-6-20-11)9-14(19)17-13-5-4-10(15)7-12(13)16/h2-7H,8-9H2,1H3,(H,17,19). The van der Waals surface area contributed by atoms with E-state index in [0.29, 0.717) is 22.3 Å². The van der Waals surface area contributed by atoms with Crippen LogP contribution in [0.15, 0.2) is 35.7 Å². The van der Waals surface area contributed by atoms with E-state index in [9.17, 15) is 4.79 Å². The van der Waals surface area contributed by atoms with Crippen LogP contribution in [0, 0.1) is 0 Å². The third kappa shape index (κ3) is 4.49. The monoisotopic (exact) mass is 328 g/mol. The SMILES string of the molecule is CN(CC(=O)Nc1ccc(Cl)cc1Cl)Cc1cccs1. The van der Waals surface area contributed by atoms with Crippen LogP contribution in [0.2, 0.25) is 10.0 Å². The smallest absolute Gasteiger partial charge is 0.238 e. The molecule has 0 unspecified atom stereocenters. The summed E-state index contributed by atoms with van der Waals surface area (Å²) in [4.78, 5) is 15.1. The van der Waals surface area contributed by atoms with Crippen molar-refractivity contribution >= 4 is 46.1 Å². The normalized spacial score (nSPS) is 10.8. The number of hydrogen-bond acceptors (Lipinski definition) is 3. The van der Waals surface area contributed by atoms with Gasteiger partial charge in [0.15, 0.2) is 0 Å². The largest absolute Gasteiger partial charge is 0.324 e. The average Bonchev–Trinajstić information content (AvgIpc) is 2.85. The number of nitrogens with one attached hydrogen (secondary N) is 1. The van der Waals surface area contributed by atoms with Crippen LogP contribution in [0.3, 0.4) is 0 Å². The van der Waals surface area contributed by atoms with Crippen molar-refractivity contribution in [1.29, 1.82) is 0 Å². The van der Waals surface area contributed by atoms with Crippen molar-refractivity contribution in [3.63, 3.8) is 0 Å². The first-order chi connectivity index (χ1) is 9.54. The van der Waals surface area contributed by atoms with Crippen LogP contribution in [0.5, 0.6) is 0 Å². The molecule has 1 amide bonds. The number of amides is 1. The fourth-order valence-corrected chi connectivity index (χ4v) is 2.99. The summed E-state index contributed by atoms with van der Waals surface area (Å²) in [5, 5.41) is 5.79. The first kappa shape index (κ1) is 15.3. The van der Waals surface area contributed by atoms with Gasteiger partial charge in [0.25, 0.3) is 0 Å². The number of carbonyl (C=O) groups excluding carboxylic acids is 1. The predicted octanol–water partition coefficient (Wildman–Crippen LogP) is 4.13. The van der Waals surface area contributed by atoms with E-state index in [0.717, 1.165) is 6.54 Å². The number of halogens is 2. The van der Waals surface area contributed by atoms with Gasteiger partial charge in [-0.3, -0.25) is 9.69 Å². The van der Waals surface area contributed by atoms with Gasteiger partial charge in [0, 0.05) is 16.4 Å². The number of likely N-dealkylation sites (N-methyl/N-ethyl adjacent to an activating group) is 1. The number of thiophene rings is 1. The summed E-state index contributed by atoms with van der Waals surface area (Å²) in [5.41, 5.74) is 0.575. The van der Waals surface area contributed by atoms with E-state index in [1.165, 1.54) is 4.88 Å². The lowest BCUT2D eigenvalue weighted by molar-refractivity contribution is -0.117. The van der Waals surface area contributed by atoms with Crippen LogP contribution in [-0.4, -0.2) is 24.4 Å². The molecular formula is C14H14Cl2N2OS. The highest BCUT2D eigenvalue weighted by Crippen LogP contribution is 2.25. The Morgan fingerprint density at radius 1 is 1.35 bits per heavy atom. The van der Waals surface area contributed by atoms with Gasteiger partial charge in [-0.1, -0.05) is 29.3 Å². The van der Waals surface area contributed by atoms with Crippen LogP contribution in [0.1, 0.15) is 4.88 Å². The molecule has 1 heterocycles. The molecule has 3 nitrogen and oxygen atoms in total. The van der Waals surface area contributed by atoms with Gasteiger partial charge in [-0.05, 0) is 36.7 Å². The Kier molecular flexibility index (Phi) is 5.43. The fraction of sp³-hybridized carbons (Fsp3) is 0.214. The van der Waals surface area contributed by atoms with Gasteiger partial charge in [-0.15, -0.1) is 11.3 Å². The predicted molar refractivity (Wildman–Crippen MR) is 85.7 cm³/mol. The van der Waals surface area contributed by atoms with Gasteiger partial charge in [0.05, 0.1) is 17.3 Å². The Balaban J connectivity index is 1.88. The molecule has 0 aliphatic rings. The van der Waals surface area contributed by atoms with Crippen LogP contribution in [-0.2, 0) is 11.3 Å². The quantitative estimate of drug-likeness (QED) is 0.895. The highest BCUT2D eigenvalue weighted by atomic mass is 35.5. The molecule has 0 spiro atoms. The molecule has 1 aromatic heterocycles. The minimum absolute atomic E-state index is 0.103. The summed E-state index contributed by atoms with van der Waals surface area (Å²) in [6.45, 7) is 1.05. The summed E-state index contributed by atoms with van der Waals surface area (Å²) >= 11 is 13.5. The van der Waals surface area contributed by atoms with Crippen molar-refractivity contribution in [2.75, 3.05) is 18.9 Å². The zero-order valence-corrected chi connectivity index (χ0v) is 13.2. The van der Waals surface area contributed by atoms with Crippen LogP contribution in [0.25, 0.3) is 0 Å². The van der Waals surface area contributed by atoms with E-state index in [1.807, 2.05) is 23.4 Å². The van der Waals surface area contributed by atoms with Crippen molar-refractivity contribution in [2.45, 2.75) is 6.54 Å². The van der Waals surface area contributed by atoms with Gasteiger partial charge in [-0.2, -0.15) is 0 Å². The van der Waals surface area contributed by atoms with E-state index in [4.69, 9.17) is 23.2 Å². The Morgan fingerprint density at radius 2 is 2.15 bits per heavy atom. The second-order valence-electron chi connectivity index (χ2n) is 4.42. The summed E-state index contributed by atoms with van der Waals surface area (Å²) in [6, 6.07) is 9.05. The molecule has 2 aromatic rings. The van der Waals surface area contributed by atoms with Crippen LogP contribution < -0.4 is 5.32 Å². The van der Waals surface area contributed by atoms with E-state index >= 15 is 0 Å². The Morgan fingerprint density at radius 3 is 2.80 bits per heavy atom. The molecule has 0 bridgehead atoms. The molecule has 6 heteroatoms. The van der Waals surface area contributed by atoms with Gasteiger partial charge in [-0.25, -0.2) is 0 Å². The van der Waals surface area contributed by atoms with Crippen molar-refractivity contribution in [1.82, 2.24) is 4.90 Å². The number of anilines is 1. The molecular weight excluding hydrogens is 315 g/mol. The molecule has 0 aliphatic heterocycles. The Hall–Kier alpha value is -1.07. The molecule has 0 atom stereocenters. The lowest BCUT2D eigenvalue weighted by Crippen LogP contribution is -2.29. The van der Waals surface area contributed by atoms with Gasteiger partial charge in [0.1, 0.15) is 0 Å². The fourth-order valence-electron chi connectivity index (χ4n) is 1.75. The molecule has 0 radical (unpaired) electrons. The zero-order chi connectivity index (χ0) is 14.5. The molecule has 1 aromatic carbocycles. The highest BCUT2D eigenvalue weighted by Gasteiger charge is 2.10. The Bertz CT molecular complexity index is 587. The van der Waals surface area contributed by atoms with Crippen LogP contribution in [0.4, 0.5) is 5.69 Å². The third-order valence-electron chi connectivity index (χ3n) is 2.62. The molecule has 1 N–H and O–H groups in total. The van der Waals surface area contributed by atoms with E-state index in [-0.39, 0.29) is 5.91 Å². The molecule has 2 rings (SSSR count). The number of benzene rings is 1. The maximum atomic E-state index is 11.9. The highest BCUT2D eigenvalue weighted by molar-refractivity contribution is 7.09. The van der Waals surface area contributed by atoms with Crippen LogP contribution >= 0.6 is 34.5 Å². The molecule has 0 saturated heterocycles. The van der Waals surface area contributed by atoms with Crippen molar-refractivity contribution < 1.29 is 4.79 Å². The number of carbonyl (C=O) groups is 1. The van der Waals surface area contributed by atoms with Crippen molar-refractivity contribution in [2.24, 2.45) is 0 Å². The van der Waals surface area contributed by atoms with E-state index in [1.54, 1.807) is 29.5 Å². The number of nitrogens with zero attached hydrogens (tertiary/aromatic N) is 1. The summed E-state index contributed by atoms with van der Waals surface area (Å²) < 4.78 is 0. The Labute approximate surface area is 132 Å². The molecule has 20 heavy (non-hydrogen) atoms. The van der Waals surface area contributed by atoms with Gasteiger partial charge < -0.3 is 5.32 Å². The van der Waals surface area contributed by atoms with Crippen molar-refractivity contribution in [3.8, 4) is 0 Å². The molecule has 0 fully saturated rings. The first-order valence-electron chi connectivity index (χ1n) is 6.00. The minimum Gasteiger partial charge on any atom is -0.324 e. The lowest BCUT2D eigenvalue weighted by Gasteiger charge is -2.15. The van der Waals surface area contributed by atoms with E-state index < -0.39 is 0 Å². The van der Waals surface area contributed by atoms with Gasteiger partial charge >= 0.3 is 0 Å². The average molecular weight is 329 g/mol. The third-order valence-corrected chi connectivity index (χ3v) is 4.03. The zero-order valence-electron chi connectivity index (χ0n) is 10.9. The summed E-state index contributed by atoms with van der Waals surface area (Å²) in [6.07, 6.45) is 0. The topological polar surface area (TPSA) is 32.3 Å².